The fraction of sp³-hybridized carbons (Fsp3) is 0.100. The largest absolute Gasteiger partial charge is 0.287 e. The van der Waals surface area contributed by atoms with Crippen molar-refractivity contribution in [3.63, 3.8) is 0 Å². The number of aromatic amines is 1. The van der Waals surface area contributed by atoms with Gasteiger partial charge in [-0.05, 0) is 18.6 Å². The van der Waals surface area contributed by atoms with Crippen molar-refractivity contribution in [2.45, 2.75) is 6.92 Å². The molecule has 0 atom stereocenters. The number of halogens is 1. The van der Waals surface area contributed by atoms with Crippen LogP contribution in [0.4, 0.5) is 0 Å². The first kappa shape index (κ1) is 9.86. The van der Waals surface area contributed by atoms with Gasteiger partial charge < -0.3 is 0 Å². The van der Waals surface area contributed by atoms with E-state index in [2.05, 4.69) is 15.4 Å². The third-order valence-corrected chi connectivity index (χ3v) is 2.49. The van der Waals surface area contributed by atoms with Gasteiger partial charge in [-0.1, -0.05) is 23.7 Å². The van der Waals surface area contributed by atoms with Crippen LogP contribution in [0.5, 0.6) is 0 Å². The highest BCUT2D eigenvalue weighted by Crippen LogP contribution is 2.18. The topological polar surface area (TPSA) is 58.6 Å². The van der Waals surface area contributed by atoms with E-state index in [1.54, 1.807) is 18.2 Å². The van der Waals surface area contributed by atoms with Gasteiger partial charge in [0.15, 0.2) is 5.69 Å². The molecule has 5 heteroatoms. The molecular formula is C10H8ClN3O. The fourth-order valence-corrected chi connectivity index (χ4v) is 1.37. The van der Waals surface area contributed by atoms with Crippen LogP contribution in [-0.2, 0) is 0 Å². The summed E-state index contributed by atoms with van der Waals surface area (Å²) in [5.74, 6) is -0.189. The highest BCUT2D eigenvalue weighted by atomic mass is 35.5. The highest BCUT2D eigenvalue weighted by Gasteiger charge is 2.12. The molecule has 76 valence electrons. The smallest absolute Gasteiger partial charge is 0.214 e. The zero-order valence-corrected chi connectivity index (χ0v) is 8.75. The second-order valence-electron chi connectivity index (χ2n) is 3.15. The molecule has 0 radical (unpaired) electrons. The van der Waals surface area contributed by atoms with E-state index in [4.69, 9.17) is 11.6 Å². The zero-order chi connectivity index (χ0) is 10.8. The molecule has 0 saturated heterocycles. The number of hydrogen-bond donors (Lipinski definition) is 1. The molecule has 1 aromatic heterocycles. The quantitative estimate of drug-likeness (QED) is 0.789. The lowest BCUT2D eigenvalue weighted by atomic mass is 10.1. The molecule has 0 saturated carbocycles. The summed E-state index contributed by atoms with van der Waals surface area (Å²) in [6.45, 7) is 1.88. The fourth-order valence-electron chi connectivity index (χ4n) is 1.19. The number of nitrogens with one attached hydrogen (secondary N) is 1. The summed E-state index contributed by atoms with van der Waals surface area (Å²) < 4.78 is 0. The summed E-state index contributed by atoms with van der Waals surface area (Å²) in [5.41, 5.74) is 1.74. The van der Waals surface area contributed by atoms with Gasteiger partial charge in [-0.2, -0.15) is 15.4 Å². The summed E-state index contributed by atoms with van der Waals surface area (Å²) in [4.78, 5) is 11.8. The van der Waals surface area contributed by atoms with Gasteiger partial charge in [-0.3, -0.25) is 4.79 Å². The number of aromatic nitrogens is 3. The maximum absolute atomic E-state index is 11.8. The summed E-state index contributed by atoms with van der Waals surface area (Å²) >= 11 is 5.92. The average Bonchev–Trinajstić information content (AvgIpc) is 2.74. The normalized spacial score (nSPS) is 10.3. The predicted octanol–water partition coefficient (Wildman–Crippen LogP) is 2.00. The molecule has 0 aliphatic rings. The van der Waals surface area contributed by atoms with Gasteiger partial charge in [0.25, 0.3) is 0 Å². The number of ketones is 1. The Hall–Kier alpha value is -1.68. The number of rotatable bonds is 2. The minimum Gasteiger partial charge on any atom is -0.287 e. The van der Waals surface area contributed by atoms with Crippen molar-refractivity contribution in [1.82, 2.24) is 15.4 Å². The molecule has 1 aromatic carbocycles. The number of carbonyl (C=O) groups excluding carboxylic acids is 1. The molecule has 0 aliphatic heterocycles. The van der Waals surface area contributed by atoms with E-state index in [1.807, 2.05) is 6.92 Å². The van der Waals surface area contributed by atoms with Crippen LogP contribution >= 0.6 is 11.6 Å². The van der Waals surface area contributed by atoms with Gasteiger partial charge in [0.2, 0.25) is 5.78 Å². The first-order chi connectivity index (χ1) is 7.18. The van der Waals surface area contributed by atoms with Crippen molar-refractivity contribution in [2.75, 3.05) is 0 Å². The lowest BCUT2D eigenvalue weighted by Gasteiger charge is -2.00. The Morgan fingerprint density at radius 2 is 2.27 bits per heavy atom. The lowest BCUT2D eigenvalue weighted by Crippen LogP contribution is -2.01. The van der Waals surface area contributed by atoms with Gasteiger partial charge in [0.05, 0.1) is 6.20 Å². The maximum atomic E-state index is 11.8. The highest BCUT2D eigenvalue weighted by molar-refractivity contribution is 6.31. The summed E-state index contributed by atoms with van der Waals surface area (Å²) in [6, 6.07) is 5.15. The molecule has 2 aromatic rings. The number of carbonyl (C=O) groups is 1. The van der Waals surface area contributed by atoms with Crippen LogP contribution < -0.4 is 0 Å². The first-order valence-electron chi connectivity index (χ1n) is 4.35. The minimum atomic E-state index is -0.189. The van der Waals surface area contributed by atoms with Crippen molar-refractivity contribution in [3.8, 4) is 0 Å². The molecule has 0 spiro atoms. The van der Waals surface area contributed by atoms with Crippen LogP contribution in [0.2, 0.25) is 5.02 Å². The third kappa shape index (κ3) is 1.89. The van der Waals surface area contributed by atoms with E-state index in [1.165, 1.54) is 6.20 Å². The lowest BCUT2D eigenvalue weighted by molar-refractivity contribution is 0.103. The van der Waals surface area contributed by atoms with Crippen LogP contribution in [0.25, 0.3) is 0 Å². The van der Waals surface area contributed by atoms with Gasteiger partial charge in [0, 0.05) is 10.6 Å². The molecule has 0 unspecified atom stereocenters. The number of hydrogen-bond acceptors (Lipinski definition) is 3. The minimum absolute atomic E-state index is 0.189. The number of benzene rings is 1. The maximum Gasteiger partial charge on any atom is 0.214 e. The molecule has 0 bridgehead atoms. The molecule has 1 heterocycles. The van der Waals surface area contributed by atoms with Crippen LogP contribution in [-0.4, -0.2) is 21.2 Å². The molecule has 2 rings (SSSR count). The third-order valence-electron chi connectivity index (χ3n) is 2.08. The van der Waals surface area contributed by atoms with E-state index in [0.29, 0.717) is 10.6 Å². The number of nitrogens with zero attached hydrogens (tertiary/aromatic N) is 2. The van der Waals surface area contributed by atoms with Gasteiger partial charge in [-0.25, -0.2) is 0 Å². The summed E-state index contributed by atoms with van der Waals surface area (Å²) in [6.07, 6.45) is 1.39. The molecule has 0 aliphatic carbocycles. The van der Waals surface area contributed by atoms with Crippen molar-refractivity contribution in [2.24, 2.45) is 0 Å². The summed E-state index contributed by atoms with van der Waals surface area (Å²) in [5, 5.41) is 10.3. The number of H-pyrrole nitrogens is 1. The van der Waals surface area contributed by atoms with Crippen molar-refractivity contribution in [3.05, 3.63) is 46.2 Å². The van der Waals surface area contributed by atoms with Crippen molar-refractivity contribution >= 4 is 17.4 Å². The molecule has 0 fully saturated rings. The van der Waals surface area contributed by atoms with Crippen molar-refractivity contribution < 1.29 is 4.79 Å². The molecule has 0 amide bonds. The van der Waals surface area contributed by atoms with E-state index in [-0.39, 0.29) is 11.5 Å². The Morgan fingerprint density at radius 1 is 1.47 bits per heavy atom. The number of aryl methyl sites for hydroxylation is 1. The zero-order valence-electron chi connectivity index (χ0n) is 7.99. The van der Waals surface area contributed by atoms with E-state index in [9.17, 15) is 4.79 Å². The Kier molecular flexibility index (Phi) is 2.51. The Labute approximate surface area is 91.3 Å². The van der Waals surface area contributed by atoms with Crippen molar-refractivity contribution in [1.29, 1.82) is 0 Å². The Balaban J connectivity index is 2.39. The van der Waals surface area contributed by atoms with Crippen LogP contribution in [0.3, 0.4) is 0 Å². The second kappa shape index (κ2) is 3.82. The Bertz CT molecular complexity index is 493. The molecule has 15 heavy (non-hydrogen) atoms. The van der Waals surface area contributed by atoms with Crippen LogP contribution in [0.1, 0.15) is 21.6 Å². The average molecular weight is 222 g/mol. The second-order valence-corrected chi connectivity index (χ2v) is 3.56. The van der Waals surface area contributed by atoms with Gasteiger partial charge in [0.1, 0.15) is 0 Å². The van der Waals surface area contributed by atoms with E-state index >= 15 is 0 Å². The van der Waals surface area contributed by atoms with Crippen LogP contribution in [0.15, 0.2) is 24.4 Å². The van der Waals surface area contributed by atoms with Crippen LogP contribution in [0, 0.1) is 6.92 Å². The Morgan fingerprint density at radius 3 is 2.87 bits per heavy atom. The van der Waals surface area contributed by atoms with Gasteiger partial charge >= 0.3 is 0 Å². The SMILES string of the molecule is Cc1ccc(C(=O)c2cn[nH]n2)cc1Cl. The standard InChI is InChI=1S/C10H8ClN3O/c1-6-2-3-7(4-8(6)11)10(15)9-5-12-14-13-9/h2-5H,1H3,(H,12,13,14). The monoisotopic (exact) mass is 221 g/mol. The molecular weight excluding hydrogens is 214 g/mol. The predicted molar refractivity (Wildman–Crippen MR) is 56.0 cm³/mol. The van der Waals surface area contributed by atoms with E-state index in [0.717, 1.165) is 5.56 Å². The molecule has 1 N–H and O–H groups in total. The van der Waals surface area contributed by atoms with Gasteiger partial charge in [-0.15, -0.1) is 0 Å². The first-order valence-corrected chi connectivity index (χ1v) is 4.73. The molecule has 4 nitrogen and oxygen atoms in total. The summed E-state index contributed by atoms with van der Waals surface area (Å²) in [7, 11) is 0. The van der Waals surface area contributed by atoms with E-state index < -0.39 is 0 Å².